The Hall–Kier alpha value is -4.62. The first-order valence-corrected chi connectivity index (χ1v) is 14.9. The number of carbonyl (C=O) groups excluding carboxylic acids is 1. The van der Waals surface area contributed by atoms with Crippen LogP contribution in [0.2, 0.25) is 0 Å². The van der Waals surface area contributed by atoms with E-state index in [1.54, 1.807) is 18.2 Å². The number of halogens is 1. The van der Waals surface area contributed by atoms with Gasteiger partial charge in [-0.2, -0.15) is 0 Å². The zero-order valence-corrected chi connectivity index (χ0v) is 23.6. The van der Waals surface area contributed by atoms with Crippen LogP contribution in [0, 0.1) is 5.82 Å². The molecule has 0 heterocycles. The molecule has 0 saturated carbocycles. The Balaban J connectivity index is 1.56. The van der Waals surface area contributed by atoms with Gasteiger partial charge >= 0.3 is 0 Å². The Morgan fingerprint density at radius 2 is 1.37 bits per heavy atom. The number of ether oxygens (including phenoxy) is 2. The lowest BCUT2D eigenvalue weighted by molar-refractivity contribution is -0.114. The maximum Gasteiger partial charge on any atom is 0.264 e. The Labute approximate surface area is 237 Å². The van der Waals surface area contributed by atoms with Crippen LogP contribution in [-0.4, -0.2) is 43.5 Å². The van der Waals surface area contributed by atoms with Crippen molar-refractivity contribution in [3.8, 4) is 11.5 Å². The molecule has 10 nitrogen and oxygen atoms in total. The summed E-state index contributed by atoms with van der Waals surface area (Å²) in [6.45, 7) is -0.598. The molecular formula is C28H26FN3O7S2. The van der Waals surface area contributed by atoms with Crippen molar-refractivity contribution in [1.29, 1.82) is 0 Å². The second-order valence-corrected chi connectivity index (χ2v) is 12.1. The van der Waals surface area contributed by atoms with Crippen molar-refractivity contribution in [3.63, 3.8) is 0 Å². The average molecular weight is 600 g/mol. The summed E-state index contributed by atoms with van der Waals surface area (Å²) in [5, 5.41) is 2.59. The third-order valence-corrected chi connectivity index (χ3v) is 9.00. The Morgan fingerprint density at radius 1 is 0.756 bits per heavy atom. The molecule has 1 amide bonds. The SMILES string of the molecule is COc1ccc(N(CC(=O)Nc2ccc(S(=O)(=O)Nc3ccc(F)cc3)cc2)S(=O)(=O)c2ccccc2)cc1OC. The van der Waals surface area contributed by atoms with E-state index in [0.29, 0.717) is 5.75 Å². The summed E-state index contributed by atoms with van der Waals surface area (Å²) < 4.78 is 79.5. The van der Waals surface area contributed by atoms with E-state index < -0.39 is 38.3 Å². The van der Waals surface area contributed by atoms with Crippen LogP contribution in [0.15, 0.2) is 107 Å². The molecule has 0 atom stereocenters. The number of amides is 1. The topological polar surface area (TPSA) is 131 Å². The third kappa shape index (κ3) is 6.94. The summed E-state index contributed by atoms with van der Waals surface area (Å²) in [6, 6.07) is 22.2. The zero-order valence-electron chi connectivity index (χ0n) is 21.9. The highest BCUT2D eigenvalue weighted by molar-refractivity contribution is 7.93. The molecule has 0 radical (unpaired) electrons. The van der Waals surface area contributed by atoms with E-state index >= 15 is 0 Å². The van der Waals surface area contributed by atoms with Gasteiger partial charge in [-0.3, -0.25) is 13.8 Å². The van der Waals surface area contributed by atoms with E-state index in [-0.39, 0.29) is 32.6 Å². The second kappa shape index (κ2) is 12.3. The molecule has 4 aromatic carbocycles. The van der Waals surface area contributed by atoms with E-state index in [2.05, 4.69) is 10.0 Å². The van der Waals surface area contributed by atoms with Crippen LogP contribution in [0.25, 0.3) is 0 Å². The highest BCUT2D eigenvalue weighted by Gasteiger charge is 2.28. The van der Waals surface area contributed by atoms with Crippen LogP contribution in [0.5, 0.6) is 11.5 Å². The lowest BCUT2D eigenvalue weighted by Crippen LogP contribution is -2.38. The standard InChI is InChI=1S/C28H26FN3O7S2/c1-38-26-17-14-23(18-27(26)39-2)32(41(36,37)25-6-4-3-5-7-25)19-28(33)30-21-12-15-24(16-13-21)40(34,35)31-22-10-8-20(29)9-11-22/h3-18,31H,19H2,1-2H3,(H,30,33). The first-order valence-electron chi connectivity index (χ1n) is 12.0. The van der Waals surface area contributed by atoms with Crippen LogP contribution >= 0.6 is 0 Å². The van der Waals surface area contributed by atoms with Crippen molar-refractivity contribution in [1.82, 2.24) is 0 Å². The maximum absolute atomic E-state index is 13.6. The lowest BCUT2D eigenvalue weighted by Gasteiger charge is -2.25. The largest absolute Gasteiger partial charge is 0.493 e. The molecule has 0 saturated heterocycles. The molecule has 0 aliphatic rings. The Kier molecular flexibility index (Phi) is 8.79. The predicted octanol–water partition coefficient (Wildman–Crippen LogP) is 4.48. The monoisotopic (exact) mass is 599 g/mol. The summed E-state index contributed by atoms with van der Waals surface area (Å²) in [7, 11) is -5.31. The molecule has 0 fully saturated rings. The number of hydrogen-bond donors (Lipinski definition) is 2. The van der Waals surface area contributed by atoms with Gasteiger partial charge in [-0.1, -0.05) is 18.2 Å². The van der Waals surface area contributed by atoms with E-state index in [1.807, 2.05) is 0 Å². The van der Waals surface area contributed by atoms with E-state index in [9.17, 15) is 26.0 Å². The Bertz CT molecular complexity index is 1730. The highest BCUT2D eigenvalue weighted by atomic mass is 32.2. The van der Waals surface area contributed by atoms with Crippen LogP contribution < -0.4 is 23.8 Å². The summed E-state index contributed by atoms with van der Waals surface area (Å²) in [4.78, 5) is 12.9. The fourth-order valence-corrected chi connectivity index (χ4v) is 6.29. The van der Waals surface area contributed by atoms with E-state index in [0.717, 1.165) is 16.4 Å². The summed E-state index contributed by atoms with van der Waals surface area (Å²) >= 11 is 0. The minimum Gasteiger partial charge on any atom is -0.493 e. The minimum absolute atomic E-state index is 0.0224. The zero-order chi connectivity index (χ0) is 29.6. The third-order valence-electron chi connectivity index (χ3n) is 5.82. The van der Waals surface area contributed by atoms with Crippen molar-refractivity contribution >= 4 is 43.0 Å². The van der Waals surface area contributed by atoms with E-state index in [1.165, 1.54) is 80.9 Å². The molecular weight excluding hydrogens is 573 g/mol. The summed E-state index contributed by atoms with van der Waals surface area (Å²) in [6.07, 6.45) is 0. The molecule has 13 heteroatoms. The first kappa shape index (κ1) is 29.4. The van der Waals surface area contributed by atoms with Crippen LogP contribution in [0.1, 0.15) is 0 Å². The average Bonchev–Trinajstić information content (AvgIpc) is 2.97. The minimum atomic E-state index is -4.18. The van der Waals surface area contributed by atoms with Gasteiger partial charge in [-0.15, -0.1) is 0 Å². The van der Waals surface area contributed by atoms with Gasteiger partial charge in [0.05, 0.1) is 29.7 Å². The number of hydrogen-bond acceptors (Lipinski definition) is 7. The van der Waals surface area contributed by atoms with Gasteiger partial charge in [0.15, 0.2) is 11.5 Å². The lowest BCUT2D eigenvalue weighted by atomic mass is 10.2. The molecule has 214 valence electrons. The number of methoxy groups -OCH3 is 2. The number of sulfonamides is 2. The van der Waals surface area contributed by atoms with Crippen LogP contribution in [0.3, 0.4) is 0 Å². The van der Waals surface area contributed by atoms with Crippen LogP contribution in [-0.2, 0) is 24.8 Å². The number of anilines is 3. The van der Waals surface area contributed by atoms with Crippen molar-refractivity contribution in [2.75, 3.05) is 35.1 Å². The normalized spacial score (nSPS) is 11.4. The quantitative estimate of drug-likeness (QED) is 0.260. The number of nitrogens with one attached hydrogen (secondary N) is 2. The fraction of sp³-hybridized carbons (Fsp3) is 0.107. The number of carbonyl (C=O) groups is 1. The predicted molar refractivity (Wildman–Crippen MR) is 153 cm³/mol. The van der Waals surface area contributed by atoms with Gasteiger partial charge in [0, 0.05) is 17.4 Å². The molecule has 0 aromatic heterocycles. The van der Waals surface area contributed by atoms with E-state index in [4.69, 9.17) is 9.47 Å². The van der Waals surface area contributed by atoms with Gasteiger partial charge in [0.25, 0.3) is 20.0 Å². The molecule has 0 spiro atoms. The molecule has 0 unspecified atom stereocenters. The number of benzene rings is 4. The van der Waals surface area contributed by atoms with Gasteiger partial charge in [0.1, 0.15) is 12.4 Å². The van der Waals surface area contributed by atoms with Crippen LogP contribution in [0.4, 0.5) is 21.5 Å². The molecule has 2 N–H and O–H groups in total. The molecule has 4 rings (SSSR count). The van der Waals surface area contributed by atoms with Crippen molar-refractivity contribution in [2.24, 2.45) is 0 Å². The van der Waals surface area contributed by atoms with Gasteiger partial charge in [-0.25, -0.2) is 21.2 Å². The first-order chi connectivity index (χ1) is 19.5. The van der Waals surface area contributed by atoms with Crippen molar-refractivity contribution in [2.45, 2.75) is 9.79 Å². The summed E-state index contributed by atoms with van der Waals surface area (Å²) in [5.41, 5.74) is 0.578. The molecule has 0 aliphatic heterocycles. The fourth-order valence-electron chi connectivity index (χ4n) is 3.80. The van der Waals surface area contributed by atoms with Gasteiger partial charge in [0.2, 0.25) is 5.91 Å². The van der Waals surface area contributed by atoms with Crippen molar-refractivity contribution in [3.05, 3.63) is 103 Å². The molecule has 4 aromatic rings. The van der Waals surface area contributed by atoms with Crippen molar-refractivity contribution < 1.29 is 35.5 Å². The molecule has 0 bridgehead atoms. The van der Waals surface area contributed by atoms with Gasteiger partial charge < -0.3 is 14.8 Å². The number of nitrogens with zero attached hydrogens (tertiary/aromatic N) is 1. The van der Waals surface area contributed by atoms with Gasteiger partial charge in [-0.05, 0) is 72.8 Å². The smallest absolute Gasteiger partial charge is 0.264 e. The molecule has 41 heavy (non-hydrogen) atoms. The highest BCUT2D eigenvalue weighted by Crippen LogP contribution is 2.34. The molecule has 0 aliphatic carbocycles. The second-order valence-electron chi connectivity index (χ2n) is 8.55. The maximum atomic E-state index is 13.6. The number of rotatable bonds is 11. The Morgan fingerprint density at radius 3 is 1.98 bits per heavy atom. The summed E-state index contributed by atoms with van der Waals surface area (Å²) in [5.74, 6) is -0.542.